The Morgan fingerprint density at radius 1 is 1.08 bits per heavy atom. The van der Waals surface area contributed by atoms with E-state index in [-0.39, 0.29) is 11.2 Å². The van der Waals surface area contributed by atoms with Crippen molar-refractivity contribution < 1.29 is 34.1 Å². The van der Waals surface area contributed by atoms with Crippen LogP contribution >= 0.6 is 11.8 Å². The number of benzene rings is 2. The maximum absolute atomic E-state index is 13.2. The molecule has 0 bridgehead atoms. The standard InChI is InChI=1S/C27H36N2O3S.C2H2O4/c1-27(15-7-4-8-16-27)28-17-9-10-18-32-23-14-13-20(31-3)19-21(23)25-26(30)29(2)22-11-5-6-12-24(22)33-25;3-1(4)2(5)6/h5-6,11-14,19,25,28H,4,7-10,15-18H2,1-3H3;(H,3,4)(H,5,6). The number of hydrogen-bond donors (Lipinski definition) is 3. The molecule has 1 fully saturated rings. The molecule has 1 heterocycles. The minimum absolute atomic E-state index is 0.0572. The van der Waals surface area contributed by atoms with E-state index in [1.807, 2.05) is 43.4 Å². The van der Waals surface area contributed by atoms with E-state index in [0.717, 1.165) is 47.0 Å². The van der Waals surface area contributed by atoms with E-state index in [0.29, 0.717) is 12.1 Å². The van der Waals surface area contributed by atoms with Crippen LogP contribution in [-0.2, 0) is 14.4 Å². The molecule has 0 radical (unpaired) electrons. The van der Waals surface area contributed by atoms with Gasteiger partial charge in [0.25, 0.3) is 0 Å². The van der Waals surface area contributed by atoms with Gasteiger partial charge >= 0.3 is 11.9 Å². The molecule has 39 heavy (non-hydrogen) atoms. The molecule has 0 aromatic heterocycles. The molecule has 1 unspecified atom stereocenters. The van der Waals surface area contributed by atoms with Gasteiger partial charge in [-0.2, -0.15) is 0 Å². The van der Waals surface area contributed by atoms with Crippen LogP contribution < -0.4 is 19.7 Å². The van der Waals surface area contributed by atoms with E-state index < -0.39 is 11.9 Å². The average Bonchev–Trinajstić information content (AvgIpc) is 2.93. The van der Waals surface area contributed by atoms with Crippen LogP contribution in [0.5, 0.6) is 11.5 Å². The molecule has 1 aliphatic carbocycles. The fraction of sp³-hybridized carbons (Fsp3) is 0.483. The Bertz CT molecular complexity index is 1140. The third-order valence-electron chi connectivity index (χ3n) is 7.05. The smallest absolute Gasteiger partial charge is 0.414 e. The number of carboxylic acid groups (broad SMARTS) is 2. The van der Waals surface area contributed by atoms with Crippen LogP contribution in [0.2, 0.25) is 0 Å². The minimum Gasteiger partial charge on any atom is -0.497 e. The Kier molecular flexibility index (Phi) is 11.1. The van der Waals surface area contributed by atoms with E-state index in [2.05, 4.69) is 18.3 Å². The third-order valence-corrected chi connectivity index (χ3v) is 8.34. The van der Waals surface area contributed by atoms with Gasteiger partial charge in [-0.05, 0) is 69.5 Å². The van der Waals surface area contributed by atoms with Gasteiger partial charge in [0.05, 0.1) is 19.4 Å². The molecule has 4 rings (SSSR count). The van der Waals surface area contributed by atoms with Gasteiger partial charge in [0, 0.05) is 23.0 Å². The number of methoxy groups -OCH3 is 1. The van der Waals surface area contributed by atoms with Gasteiger partial charge in [-0.25, -0.2) is 9.59 Å². The quantitative estimate of drug-likeness (QED) is 0.284. The topological polar surface area (TPSA) is 125 Å². The molecular weight excluding hydrogens is 520 g/mol. The Labute approximate surface area is 233 Å². The molecule has 1 atom stereocenters. The van der Waals surface area contributed by atoms with Gasteiger partial charge in [0.2, 0.25) is 5.91 Å². The van der Waals surface area contributed by atoms with E-state index in [1.54, 1.807) is 23.8 Å². The lowest BCUT2D eigenvalue weighted by Gasteiger charge is -2.34. The Morgan fingerprint density at radius 3 is 2.44 bits per heavy atom. The summed E-state index contributed by atoms with van der Waals surface area (Å²) in [5.41, 5.74) is 2.13. The lowest BCUT2D eigenvalue weighted by atomic mass is 9.83. The lowest BCUT2D eigenvalue weighted by Crippen LogP contribution is -2.44. The monoisotopic (exact) mass is 558 g/mol. The van der Waals surface area contributed by atoms with Crippen LogP contribution in [0.25, 0.3) is 0 Å². The van der Waals surface area contributed by atoms with Crippen molar-refractivity contribution in [2.75, 3.05) is 32.2 Å². The molecule has 212 valence electrons. The molecule has 0 spiro atoms. The number of thioether (sulfide) groups is 1. The number of nitrogens with zero attached hydrogens (tertiary/aromatic N) is 1. The second-order valence-electron chi connectivity index (χ2n) is 9.98. The fourth-order valence-electron chi connectivity index (χ4n) is 4.80. The van der Waals surface area contributed by atoms with Crippen molar-refractivity contribution in [2.24, 2.45) is 0 Å². The number of amides is 1. The fourth-order valence-corrected chi connectivity index (χ4v) is 6.11. The molecule has 9 nitrogen and oxygen atoms in total. The highest BCUT2D eigenvalue weighted by molar-refractivity contribution is 8.00. The van der Waals surface area contributed by atoms with Gasteiger partial charge in [-0.3, -0.25) is 4.79 Å². The average molecular weight is 559 g/mol. The van der Waals surface area contributed by atoms with Crippen molar-refractivity contribution in [1.29, 1.82) is 0 Å². The molecule has 2 aromatic carbocycles. The molecular formula is C29H38N2O7S. The summed E-state index contributed by atoms with van der Waals surface area (Å²) in [6, 6.07) is 13.8. The van der Waals surface area contributed by atoms with Crippen LogP contribution in [0.4, 0.5) is 5.69 Å². The molecule has 0 saturated heterocycles. The highest BCUT2D eigenvalue weighted by Gasteiger charge is 2.34. The molecule has 1 saturated carbocycles. The summed E-state index contributed by atoms with van der Waals surface area (Å²) in [7, 11) is 3.49. The van der Waals surface area contributed by atoms with E-state index in [1.165, 1.54) is 32.1 Å². The van der Waals surface area contributed by atoms with Crippen molar-refractivity contribution in [3.05, 3.63) is 48.0 Å². The number of nitrogens with one attached hydrogen (secondary N) is 1. The number of carbonyl (C=O) groups is 3. The van der Waals surface area contributed by atoms with Crippen LogP contribution in [0.3, 0.4) is 0 Å². The molecule has 1 aliphatic heterocycles. The van der Waals surface area contributed by atoms with Crippen LogP contribution in [0.1, 0.15) is 62.7 Å². The maximum atomic E-state index is 13.2. The molecule has 2 aliphatic rings. The predicted molar refractivity (Wildman–Crippen MR) is 151 cm³/mol. The van der Waals surface area contributed by atoms with E-state index in [4.69, 9.17) is 29.3 Å². The number of hydrogen-bond acceptors (Lipinski definition) is 7. The Morgan fingerprint density at radius 2 is 1.77 bits per heavy atom. The Hall–Kier alpha value is -3.24. The Balaban J connectivity index is 0.000000631. The summed E-state index contributed by atoms with van der Waals surface area (Å²) in [6.45, 7) is 4.02. The van der Waals surface area contributed by atoms with Crippen LogP contribution in [0, 0.1) is 0 Å². The number of fused-ring (bicyclic) bond motifs is 1. The highest BCUT2D eigenvalue weighted by Crippen LogP contribution is 2.48. The van der Waals surface area contributed by atoms with Crippen molar-refractivity contribution in [3.8, 4) is 11.5 Å². The zero-order valence-electron chi connectivity index (χ0n) is 22.8. The van der Waals surface area contributed by atoms with E-state index in [9.17, 15) is 4.79 Å². The minimum atomic E-state index is -1.82. The summed E-state index contributed by atoms with van der Waals surface area (Å²) in [6.07, 6.45) is 8.66. The first kappa shape index (κ1) is 30.3. The van der Waals surface area contributed by atoms with Crippen molar-refractivity contribution in [3.63, 3.8) is 0 Å². The summed E-state index contributed by atoms with van der Waals surface area (Å²) >= 11 is 1.58. The molecule has 10 heteroatoms. The first-order valence-corrected chi connectivity index (χ1v) is 14.1. The van der Waals surface area contributed by atoms with Gasteiger partial charge in [-0.15, -0.1) is 11.8 Å². The number of unbranched alkanes of at least 4 members (excludes halogenated alkanes) is 1. The largest absolute Gasteiger partial charge is 0.497 e. The van der Waals surface area contributed by atoms with Crippen LogP contribution in [-0.4, -0.2) is 60.9 Å². The van der Waals surface area contributed by atoms with Gasteiger partial charge in [-0.1, -0.05) is 31.4 Å². The summed E-state index contributed by atoms with van der Waals surface area (Å²) in [4.78, 5) is 34.3. The highest BCUT2D eigenvalue weighted by atomic mass is 32.2. The number of ether oxygens (including phenoxy) is 2. The number of carboxylic acids is 2. The molecule has 2 aromatic rings. The number of rotatable bonds is 9. The number of likely N-dealkylation sites (N-methyl/N-ethyl adjacent to an activating group) is 1. The molecule has 1 amide bonds. The first-order chi connectivity index (χ1) is 18.6. The summed E-state index contributed by atoms with van der Waals surface area (Å²) < 4.78 is 11.7. The number of anilines is 1. The first-order valence-electron chi connectivity index (χ1n) is 13.2. The second kappa shape index (κ2) is 14.2. The zero-order chi connectivity index (χ0) is 28.4. The maximum Gasteiger partial charge on any atom is 0.414 e. The van der Waals surface area contributed by atoms with Crippen LogP contribution in [0.15, 0.2) is 47.4 Å². The second-order valence-corrected chi connectivity index (χ2v) is 11.1. The van der Waals surface area contributed by atoms with Crippen molar-refractivity contribution in [2.45, 2.75) is 67.6 Å². The summed E-state index contributed by atoms with van der Waals surface area (Å²) in [5, 5.41) is 18.2. The van der Waals surface area contributed by atoms with Crippen molar-refractivity contribution >= 4 is 35.3 Å². The lowest BCUT2D eigenvalue weighted by molar-refractivity contribution is -0.159. The SMILES string of the molecule is COc1ccc(OCCCCNC2(C)CCCCC2)c(C2Sc3ccccc3N(C)C2=O)c1.O=C(O)C(=O)O. The predicted octanol–water partition coefficient (Wildman–Crippen LogP) is 5.13. The summed E-state index contributed by atoms with van der Waals surface area (Å²) in [5.74, 6) is -2.09. The number of para-hydroxylation sites is 1. The number of aliphatic carboxylic acids is 2. The van der Waals surface area contributed by atoms with E-state index >= 15 is 0 Å². The number of carbonyl (C=O) groups excluding carboxylic acids is 1. The zero-order valence-corrected chi connectivity index (χ0v) is 23.6. The molecule has 3 N–H and O–H groups in total. The van der Waals surface area contributed by atoms with Gasteiger partial charge in [0.15, 0.2) is 0 Å². The third kappa shape index (κ3) is 8.37. The normalized spacial score (nSPS) is 17.9. The van der Waals surface area contributed by atoms with Gasteiger partial charge < -0.3 is 29.9 Å². The van der Waals surface area contributed by atoms with Gasteiger partial charge in [0.1, 0.15) is 16.7 Å². The van der Waals surface area contributed by atoms with Crippen molar-refractivity contribution in [1.82, 2.24) is 5.32 Å².